The normalized spacial score (nSPS) is 14.8. The van der Waals surface area contributed by atoms with Crippen LogP contribution in [0.15, 0.2) is 84.9 Å². The fraction of sp³-hybridized carbons (Fsp3) is 0.0968. The number of rotatable bonds is 1. The standard InChI is InChI=1S/C31H20S/c1-31(2)22-12-6-10-18-19-11-7-13-24-27(19)30-25(32-24)16-21(17-8-4-3-5-9-17)20-14-15-23(31)29(26(18)22)28(20)30/h3-16H,1-2H3. The lowest BCUT2D eigenvalue weighted by atomic mass is 9.80. The van der Waals surface area contributed by atoms with E-state index in [-0.39, 0.29) is 5.41 Å². The van der Waals surface area contributed by atoms with Crippen LogP contribution in [0.2, 0.25) is 0 Å². The monoisotopic (exact) mass is 424 g/mol. The first-order valence-electron chi connectivity index (χ1n) is 11.3. The van der Waals surface area contributed by atoms with E-state index in [9.17, 15) is 0 Å². The summed E-state index contributed by atoms with van der Waals surface area (Å²) < 4.78 is 2.78. The first-order chi connectivity index (χ1) is 15.6. The molecule has 2 aliphatic rings. The van der Waals surface area contributed by atoms with E-state index in [4.69, 9.17) is 0 Å². The van der Waals surface area contributed by atoms with E-state index in [0.29, 0.717) is 0 Å². The van der Waals surface area contributed by atoms with Crippen LogP contribution in [0.3, 0.4) is 0 Å². The van der Waals surface area contributed by atoms with Crippen LogP contribution in [0, 0.1) is 0 Å². The first-order valence-corrected chi connectivity index (χ1v) is 12.1. The second kappa shape index (κ2) is 5.49. The Balaban J connectivity index is 1.74. The van der Waals surface area contributed by atoms with Gasteiger partial charge in [-0.15, -0.1) is 11.3 Å². The van der Waals surface area contributed by atoms with Crippen molar-refractivity contribution in [2.45, 2.75) is 19.3 Å². The van der Waals surface area contributed by atoms with Crippen LogP contribution in [0.5, 0.6) is 0 Å². The third kappa shape index (κ3) is 1.83. The zero-order valence-electron chi connectivity index (χ0n) is 18.0. The summed E-state index contributed by atoms with van der Waals surface area (Å²) in [4.78, 5) is 0. The minimum atomic E-state index is 0.00532. The summed E-state index contributed by atoms with van der Waals surface area (Å²) in [5.41, 5.74) is 11.3. The van der Waals surface area contributed by atoms with Crippen LogP contribution in [-0.2, 0) is 5.41 Å². The largest absolute Gasteiger partial charge is 0.135 e. The molecule has 32 heavy (non-hydrogen) atoms. The maximum absolute atomic E-state index is 2.44. The van der Waals surface area contributed by atoms with Gasteiger partial charge in [-0.3, -0.25) is 0 Å². The average molecular weight is 425 g/mol. The van der Waals surface area contributed by atoms with Gasteiger partial charge in [0.25, 0.3) is 0 Å². The Bertz CT molecular complexity index is 1780. The third-order valence-electron chi connectivity index (χ3n) is 7.80. The molecule has 1 aromatic heterocycles. The summed E-state index contributed by atoms with van der Waals surface area (Å²) in [5, 5.41) is 5.71. The molecule has 0 unspecified atom stereocenters. The molecule has 0 radical (unpaired) electrons. The molecule has 0 nitrogen and oxygen atoms in total. The lowest BCUT2D eigenvalue weighted by Crippen LogP contribution is -2.14. The Morgan fingerprint density at radius 1 is 0.562 bits per heavy atom. The smallest absolute Gasteiger partial charge is 0.0368 e. The molecule has 0 spiro atoms. The highest BCUT2D eigenvalue weighted by molar-refractivity contribution is 7.26. The highest BCUT2D eigenvalue weighted by Crippen LogP contribution is 2.60. The van der Waals surface area contributed by atoms with Gasteiger partial charge in [0.2, 0.25) is 0 Å². The highest BCUT2D eigenvalue weighted by Gasteiger charge is 2.40. The average Bonchev–Trinajstić information content (AvgIpc) is 3.26. The molecule has 0 aliphatic heterocycles. The Morgan fingerprint density at radius 3 is 2.22 bits per heavy atom. The fourth-order valence-electron chi connectivity index (χ4n) is 6.39. The molecule has 2 aliphatic carbocycles. The van der Waals surface area contributed by atoms with E-state index < -0.39 is 0 Å². The van der Waals surface area contributed by atoms with Crippen LogP contribution in [0.1, 0.15) is 25.0 Å². The topological polar surface area (TPSA) is 0 Å². The van der Waals surface area contributed by atoms with Gasteiger partial charge < -0.3 is 0 Å². The second-order valence-corrected chi connectivity index (χ2v) is 10.8. The molecule has 8 rings (SSSR count). The molecule has 5 aromatic carbocycles. The van der Waals surface area contributed by atoms with E-state index in [0.717, 1.165) is 0 Å². The Labute approximate surface area is 190 Å². The van der Waals surface area contributed by atoms with Gasteiger partial charge in [0, 0.05) is 25.6 Å². The van der Waals surface area contributed by atoms with Crippen molar-refractivity contribution in [1.82, 2.24) is 0 Å². The van der Waals surface area contributed by atoms with Crippen molar-refractivity contribution in [3.05, 3.63) is 96.1 Å². The van der Waals surface area contributed by atoms with Crippen molar-refractivity contribution < 1.29 is 0 Å². The minimum absolute atomic E-state index is 0.00532. The van der Waals surface area contributed by atoms with E-state index in [1.54, 1.807) is 0 Å². The van der Waals surface area contributed by atoms with Gasteiger partial charge in [-0.25, -0.2) is 0 Å². The number of hydrogen-bond donors (Lipinski definition) is 0. The van der Waals surface area contributed by atoms with Crippen LogP contribution in [0.25, 0.3) is 64.3 Å². The minimum Gasteiger partial charge on any atom is -0.135 e. The Kier molecular flexibility index (Phi) is 2.95. The van der Waals surface area contributed by atoms with Crippen LogP contribution >= 0.6 is 11.3 Å². The summed E-state index contributed by atoms with van der Waals surface area (Å²) in [6, 6.07) is 31.9. The quantitative estimate of drug-likeness (QED) is 0.246. The second-order valence-electron chi connectivity index (χ2n) is 9.71. The highest BCUT2D eigenvalue weighted by atomic mass is 32.1. The molecule has 0 atom stereocenters. The number of thiophene rings is 1. The predicted molar refractivity (Wildman–Crippen MR) is 139 cm³/mol. The molecular formula is C31H20S. The molecule has 0 amide bonds. The molecule has 0 saturated heterocycles. The van der Waals surface area contributed by atoms with Gasteiger partial charge in [-0.05, 0) is 67.4 Å². The van der Waals surface area contributed by atoms with Gasteiger partial charge >= 0.3 is 0 Å². The number of benzene rings is 5. The van der Waals surface area contributed by atoms with Crippen molar-refractivity contribution in [2.75, 3.05) is 0 Å². The van der Waals surface area contributed by atoms with Gasteiger partial charge in [-0.1, -0.05) is 86.6 Å². The van der Waals surface area contributed by atoms with E-state index >= 15 is 0 Å². The van der Waals surface area contributed by atoms with Gasteiger partial charge in [0.15, 0.2) is 0 Å². The van der Waals surface area contributed by atoms with Gasteiger partial charge in [0.05, 0.1) is 0 Å². The predicted octanol–water partition coefficient (Wildman–Crippen LogP) is 9.16. The molecule has 0 saturated carbocycles. The molecule has 6 aromatic rings. The summed E-state index contributed by atoms with van der Waals surface area (Å²) in [6.07, 6.45) is 0. The van der Waals surface area contributed by atoms with Crippen molar-refractivity contribution in [3.63, 3.8) is 0 Å². The lowest BCUT2D eigenvalue weighted by molar-refractivity contribution is 0.661. The lowest BCUT2D eigenvalue weighted by Gasteiger charge is -2.22. The third-order valence-corrected chi connectivity index (χ3v) is 8.90. The Morgan fingerprint density at radius 2 is 1.34 bits per heavy atom. The van der Waals surface area contributed by atoms with Crippen molar-refractivity contribution in [3.8, 4) is 33.4 Å². The zero-order valence-corrected chi connectivity index (χ0v) is 18.8. The fourth-order valence-corrected chi connectivity index (χ4v) is 7.57. The van der Waals surface area contributed by atoms with Gasteiger partial charge in [-0.2, -0.15) is 0 Å². The molecular weight excluding hydrogens is 404 g/mol. The van der Waals surface area contributed by atoms with E-state index in [1.807, 2.05) is 11.3 Å². The van der Waals surface area contributed by atoms with Crippen LogP contribution < -0.4 is 0 Å². The maximum atomic E-state index is 2.44. The van der Waals surface area contributed by atoms with Crippen LogP contribution in [-0.4, -0.2) is 0 Å². The molecule has 1 heterocycles. The van der Waals surface area contributed by atoms with Crippen molar-refractivity contribution in [2.24, 2.45) is 0 Å². The summed E-state index contributed by atoms with van der Waals surface area (Å²) in [5.74, 6) is 0. The van der Waals surface area contributed by atoms with E-state index in [1.165, 1.54) is 75.5 Å². The molecule has 0 fully saturated rings. The summed E-state index contributed by atoms with van der Waals surface area (Å²) in [6.45, 7) is 4.78. The molecule has 0 N–H and O–H groups in total. The zero-order chi connectivity index (χ0) is 21.2. The number of fused-ring (bicyclic) bond motifs is 1. The Hall–Kier alpha value is -3.42. The van der Waals surface area contributed by atoms with Gasteiger partial charge in [0.1, 0.15) is 0 Å². The van der Waals surface area contributed by atoms with Crippen LogP contribution in [0.4, 0.5) is 0 Å². The van der Waals surface area contributed by atoms with Crippen molar-refractivity contribution in [1.29, 1.82) is 0 Å². The van der Waals surface area contributed by atoms with E-state index in [2.05, 4.69) is 98.8 Å². The molecule has 1 heteroatoms. The van der Waals surface area contributed by atoms with Crippen molar-refractivity contribution >= 4 is 42.3 Å². The number of hydrogen-bond acceptors (Lipinski definition) is 1. The SMILES string of the molecule is CC1(C)c2cccc3c2-c2c1ccc1c(-c4ccccc4)cc4sc5cccc-3c5c4c21. The molecule has 150 valence electrons. The summed E-state index contributed by atoms with van der Waals surface area (Å²) >= 11 is 1.94. The maximum Gasteiger partial charge on any atom is 0.0368 e. The summed E-state index contributed by atoms with van der Waals surface area (Å²) in [7, 11) is 0. The molecule has 0 bridgehead atoms. The first kappa shape index (κ1) is 17.2.